The lowest BCUT2D eigenvalue weighted by Crippen LogP contribution is -2.50. The number of thiocarbonyl (C=S) groups is 1. The molecule has 1 saturated carbocycles. The van der Waals surface area contributed by atoms with E-state index in [1.54, 1.807) is 0 Å². The first-order valence-corrected chi connectivity index (χ1v) is 8.36. The lowest BCUT2D eigenvalue weighted by Gasteiger charge is -2.34. The number of rotatable bonds is 6. The van der Waals surface area contributed by atoms with Crippen molar-refractivity contribution in [2.45, 2.75) is 51.4 Å². The first-order valence-electron chi connectivity index (χ1n) is 7.96. The van der Waals surface area contributed by atoms with Gasteiger partial charge >= 0.3 is 0 Å². The molecule has 2 fully saturated rings. The summed E-state index contributed by atoms with van der Waals surface area (Å²) in [4.78, 5) is 15.3. The molecule has 1 saturated heterocycles. The Balaban J connectivity index is 1.75. The predicted octanol–water partition coefficient (Wildman–Crippen LogP) is 1.83. The molecule has 0 aromatic heterocycles. The van der Waals surface area contributed by atoms with Crippen LogP contribution in [0.15, 0.2) is 0 Å². The second kappa shape index (κ2) is 7.36. The fourth-order valence-electron chi connectivity index (χ4n) is 3.42. The van der Waals surface area contributed by atoms with Crippen molar-refractivity contribution in [2.24, 2.45) is 11.1 Å². The maximum atomic E-state index is 12.5. The Bertz CT molecular complexity index is 347. The number of carbonyl (C=O) groups is 1. The van der Waals surface area contributed by atoms with Crippen LogP contribution in [0.5, 0.6) is 0 Å². The molecule has 3 N–H and O–H groups in total. The van der Waals surface area contributed by atoms with Gasteiger partial charge in [0.1, 0.15) is 0 Å². The van der Waals surface area contributed by atoms with Gasteiger partial charge in [-0.15, -0.1) is 0 Å². The number of nitrogens with one attached hydrogen (secondary N) is 1. The molecule has 0 radical (unpaired) electrons. The topological polar surface area (TPSA) is 58.4 Å². The van der Waals surface area contributed by atoms with Gasteiger partial charge in [0.25, 0.3) is 0 Å². The molecule has 1 heterocycles. The van der Waals surface area contributed by atoms with Crippen LogP contribution < -0.4 is 11.1 Å². The molecule has 0 bridgehead atoms. The zero-order valence-electron chi connectivity index (χ0n) is 12.3. The highest BCUT2D eigenvalue weighted by Gasteiger charge is 2.42. The van der Waals surface area contributed by atoms with Gasteiger partial charge in [-0.25, -0.2) is 0 Å². The highest BCUT2D eigenvalue weighted by Crippen LogP contribution is 2.36. The van der Waals surface area contributed by atoms with Gasteiger partial charge in [0.05, 0.1) is 10.4 Å². The van der Waals surface area contributed by atoms with E-state index in [4.69, 9.17) is 18.0 Å². The van der Waals surface area contributed by atoms with Gasteiger partial charge in [-0.3, -0.25) is 4.79 Å². The Morgan fingerprint density at radius 3 is 2.40 bits per heavy atom. The number of carbonyl (C=O) groups excluding carboxylic acids is 1. The molecule has 0 atom stereocenters. The zero-order chi connectivity index (χ0) is 14.4. The molecule has 0 spiro atoms. The minimum Gasteiger partial charge on any atom is -0.392 e. The van der Waals surface area contributed by atoms with Crippen molar-refractivity contribution in [1.29, 1.82) is 0 Å². The zero-order valence-corrected chi connectivity index (χ0v) is 13.1. The number of nitrogens with two attached hydrogens (primary N) is 1. The summed E-state index contributed by atoms with van der Waals surface area (Å²) in [7, 11) is 0. The molecule has 1 amide bonds. The molecular formula is C15H27N3OS. The minimum atomic E-state index is -0.568. The summed E-state index contributed by atoms with van der Waals surface area (Å²) in [6.45, 7) is 4.25. The molecule has 20 heavy (non-hydrogen) atoms. The molecule has 2 aliphatic rings. The number of amides is 1. The molecule has 2 rings (SSSR count). The molecule has 0 aromatic carbocycles. The quantitative estimate of drug-likeness (QED) is 0.580. The number of nitrogens with zero attached hydrogens (tertiary/aromatic N) is 1. The molecule has 1 aliphatic carbocycles. The van der Waals surface area contributed by atoms with Crippen LogP contribution in [0.25, 0.3) is 0 Å². The second-order valence-corrected chi connectivity index (χ2v) is 6.61. The fourth-order valence-corrected chi connectivity index (χ4v) is 3.72. The predicted molar refractivity (Wildman–Crippen MR) is 85.6 cm³/mol. The Labute approximate surface area is 127 Å². The third-order valence-corrected chi connectivity index (χ3v) is 5.14. The van der Waals surface area contributed by atoms with E-state index in [-0.39, 0.29) is 5.91 Å². The molecule has 114 valence electrons. The lowest BCUT2D eigenvalue weighted by molar-refractivity contribution is -0.128. The Morgan fingerprint density at radius 1 is 1.15 bits per heavy atom. The van der Waals surface area contributed by atoms with Crippen LogP contribution >= 0.6 is 12.2 Å². The number of hydrogen-bond donors (Lipinski definition) is 2. The van der Waals surface area contributed by atoms with Gasteiger partial charge in [0.15, 0.2) is 0 Å². The van der Waals surface area contributed by atoms with Crippen molar-refractivity contribution in [3.05, 3.63) is 0 Å². The van der Waals surface area contributed by atoms with Crippen molar-refractivity contribution >= 4 is 23.1 Å². The van der Waals surface area contributed by atoms with Crippen LogP contribution in [0.3, 0.4) is 0 Å². The van der Waals surface area contributed by atoms with Crippen LogP contribution in [-0.2, 0) is 4.79 Å². The van der Waals surface area contributed by atoms with Gasteiger partial charge in [0, 0.05) is 6.54 Å². The van der Waals surface area contributed by atoms with Crippen molar-refractivity contribution in [2.75, 3.05) is 26.2 Å². The van der Waals surface area contributed by atoms with Gasteiger partial charge in [-0.05, 0) is 51.7 Å². The maximum Gasteiger partial charge on any atom is 0.233 e. The number of hydrogen-bond acceptors (Lipinski definition) is 3. The molecule has 1 aliphatic heterocycles. The summed E-state index contributed by atoms with van der Waals surface area (Å²) in [6.07, 6.45) is 8.58. The summed E-state index contributed by atoms with van der Waals surface area (Å²) in [5.74, 6) is 0.0612. The van der Waals surface area contributed by atoms with Crippen LogP contribution in [-0.4, -0.2) is 42.0 Å². The smallest absolute Gasteiger partial charge is 0.233 e. The normalized spacial score (nSPS) is 22.6. The van der Waals surface area contributed by atoms with Gasteiger partial charge in [-0.2, -0.15) is 0 Å². The first-order chi connectivity index (χ1) is 9.65. The average Bonchev–Trinajstić information content (AvgIpc) is 2.97. The van der Waals surface area contributed by atoms with Crippen molar-refractivity contribution in [1.82, 2.24) is 10.2 Å². The van der Waals surface area contributed by atoms with E-state index in [9.17, 15) is 4.79 Å². The molecule has 0 aromatic rings. The summed E-state index contributed by atoms with van der Waals surface area (Å²) < 4.78 is 0. The highest BCUT2D eigenvalue weighted by molar-refractivity contribution is 7.80. The summed E-state index contributed by atoms with van der Waals surface area (Å²) in [5, 5.41) is 3.07. The Kier molecular flexibility index (Phi) is 5.78. The van der Waals surface area contributed by atoms with E-state index in [1.807, 2.05) is 0 Å². The van der Waals surface area contributed by atoms with Crippen LogP contribution in [0.4, 0.5) is 0 Å². The van der Waals surface area contributed by atoms with Crippen LogP contribution in [0, 0.1) is 5.41 Å². The van der Waals surface area contributed by atoms with E-state index in [0.717, 1.165) is 45.2 Å². The highest BCUT2D eigenvalue weighted by atomic mass is 32.1. The van der Waals surface area contributed by atoms with Crippen LogP contribution in [0.2, 0.25) is 0 Å². The van der Waals surface area contributed by atoms with E-state index in [0.29, 0.717) is 4.99 Å². The van der Waals surface area contributed by atoms with Crippen molar-refractivity contribution in [3.63, 3.8) is 0 Å². The molecule has 4 nitrogen and oxygen atoms in total. The van der Waals surface area contributed by atoms with E-state index < -0.39 is 5.41 Å². The fraction of sp³-hybridized carbons (Fsp3) is 0.867. The Hall–Kier alpha value is -0.680. The number of likely N-dealkylation sites (tertiary alicyclic amines) is 1. The monoisotopic (exact) mass is 297 g/mol. The van der Waals surface area contributed by atoms with E-state index in [2.05, 4.69) is 10.2 Å². The summed E-state index contributed by atoms with van der Waals surface area (Å²) in [5.41, 5.74) is 5.30. The lowest BCUT2D eigenvalue weighted by atomic mass is 9.73. The van der Waals surface area contributed by atoms with Gasteiger partial charge in [0.2, 0.25) is 5.91 Å². The first kappa shape index (κ1) is 15.7. The Morgan fingerprint density at radius 2 is 1.80 bits per heavy atom. The molecule has 0 unspecified atom stereocenters. The van der Waals surface area contributed by atoms with Gasteiger partial charge < -0.3 is 16.0 Å². The van der Waals surface area contributed by atoms with Crippen molar-refractivity contribution in [3.8, 4) is 0 Å². The van der Waals surface area contributed by atoms with Crippen LogP contribution in [0.1, 0.15) is 51.4 Å². The van der Waals surface area contributed by atoms with E-state index >= 15 is 0 Å². The third kappa shape index (κ3) is 3.70. The summed E-state index contributed by atoms with van der Waals surface area (Å²) >= 11 is 5.18. The third-order valence-electron chi connectivity index (χ3n) is 4.75. The maximum absolute atomic E-state index is 12.5. The molecule has 5 heteroatoms. The van der Waals surface area contributed by atoms with E-state index in [1.165, 1.54) is 32.4 Å². The summed E-state index contributed by atoms with van der Waals surface area (Å²) in [6, 6.07) is 0. The molecular weight excluding hydrogens is 270 g/mol. The second-order valence-electron chi connectivity index (χ2n) is 6.17. The average molecular weight is 297 g/mol. The van der Waals surface area contributed by atoms with Crippen molar-refractivity contribution < 1.29 is 4.79 Å². The standard InChI is InChI=1S/C15H27N3OS/c16-13(20)15(7-2-1-3-8-15)14(19)17-9-6-12-18-10-4-5-11-18/h1-12H2,(H2,16,20)(H,17,19). The largest absolute Gasteiger partial charge is 0.392 e. The minimum absolute atomic E-state index is 0.0612. The van der Waals surface area contributed by atoms with Gasteiger partial charge in [-0.1, -0.05) is 31.5 Å². The SMILES string of the molecule is NC(=S)C1(C(=O)NCCCN2CCCC2)CCCCC1.